The van der Waals surface area contributed by atoms with Gasteiger partial charge in [-0.05, 0) is 35.7 Å². The van der Waals surface area contributed by atoms with Crippen molar-refractivity contribution in [1.29, 1.82) is 0 Å². The van der Waals surface area contributed by atoms with Crippen LogP contribution in [0.15, 0.2) is 24.3 Å². The fraction of sp³-hybridized carbons (Fsp3) is 0.455. The first-order valence-corrected chi connectivity index (χ1v) is 11.8. The SMILES string of the molecule is COS(=O)(=O)[O-].C[N+]1(C)Cc2c(ccc3c2OCO3)[C@@H]2[C@H]1c1cc3c(cc1C[C@@H]2O)OCO3. The van der Waals surface area contributed by atoms with Crippen molar-refractivity contribution in [1.82, 2.24) is 0 Å². The highest BCUT2D eigenvalue weighted by Gasteiger charge is 2.51. The molecule has 3 atom stereocenters. The molecule has 0 spiro atoms. The summed E-state index contributed by atoms with van der Waals surface area (Å²) in [6.07, 6.45) is 0.154. The number of benzene rings is 2. The van der Waals surface area contributed by atoms with E-state index in [2.05, 4.69) is 30.4 Å². The molecular formula is C22H25NO9S. The van der Waals surface area contributed by atoms with Crippen molar-refractivity contribution in [3.63, 3.8) is 0 Å². The Morgan fingerprint density at radius 1 is 1.03 bits per heavy atom. The van der Waals surface area contributed by atoms with Crippen molar-refractivity contribution in [2.45, 2.75) is 31.0 Å². The van der Waals surface area contributed by atoms with Gasteiger partial charge in [0.25, 0.3) is 0 Å². The van der Waals surface area contributed by atoms with E-state index in [9.17, 15) is 18.1 Å². The molecule has 0 unspecified atom stereocenters. The molecule has 0 saturated carbocycles. The van der Waals surface area contributed by atoms with Crippen LogP contribution in [0.3, 0.4) is 0 Å². The van der Waals surface area contributed by atoms with Crippen LogP contribution in [-0.2, 0) is 27.5 Å². The van der Waals surface area contributed by atoms with Crippen LogP contribution in [0.25, 0.3) is 0 Å². The van der Waals surface area contributed by atoms with Crippen molar-refractivity contribution in [2.24, 2.45) is 0 Å². The molecule has 3 heterocycles. The molecule has 33 heavy (non-hydrogen) atoms. The van der Waals surface area contributed by atoms with Crippen LogP contribution in [0.1, 0.15) is 34.2 Å². The first-order valence-electron chi connectivity index (χ1n) is 10.4. The summed E-state index contributed by atoms with van der Waals surface area (Å²) < 4.78 is 54.3. The lowest BCUT2D eigenvalue weighted by Crippen LogP contribution is -2.53. The second-order valence-electron chi connectivity index (χ2n) is 9.03. The number of aliphatic hydroxyl groups excluding tert-OH is 1. The summed E-state index contributed by atoms with van der Waals surface area (Å²) in [5.74, 6) is 3.25. The van der Waals surface area contributed by atoms with Gasteiger partial charge in [-0.25, -0.2) is 8.42 Å². The van der Waals surface area contributed by atoms with Crippen LogP contribution in [0, 0.1) is 0 Å². The Kier molecular flexibility index (Phi) is 5.22. The molecule has 4 aliphatic rings. The van der Waals surface area contributed by atoms with Crippen LogP contribution in [-0.4, -0.2) is 63.5 Å². The third-order valence-corrected chi connectivity index (χ3v) is 7.11. The number of nitrogens with zero attached hydrogens (tertiary/aromatic N) is 1. The van der Waals surface area contributed by atoms with E-state index < -0.39 is 16.5 Å². The van der Waals surface area contributed by atoms with E-state index in [4.69, 9.17) is 18.9 Å². The predicted octanol–water partition coefficient (Wildman–Crippen LogP) is 1.57. The second-order valence-corrected chi connectivity index (χ2v) is 10.2. The second kappa shape index (κ2) is 7.74. The third kappa shape index (κ3) is 3.79. The van der Waals surface area contributed by atoms with E-state index in [1.54, 1.807) is 0 Å². The standard InChI is InChI=1S/C21H22NO5.CH4O4S/c1-22(2)8-14-12(3-4-16-21(14)27-10-24-16)19-15(23)5-11-6-17-18(26-9-25-17)7-13(11)20(19)22;1-5-6(2,3)4/h3-4,6-7,15,19-20,23H,5,8-10H2,1-2H3;1H3,(H,2,3,4)/q+1;/p-1/t15-,19-,20+;/m0./s1. The summed E-state index contributed by atoms with van der Waals surface area (Å²) >= 11 is 0. The molecule has 0 radical (unpaired) electrons. The summed E-state index contributed by atoms with van der Waals surface area (Å²) in [5, 5.41) is 11.2. The molecule has 2 aromatic carbocycles. The molecule has 178 valence electrons. The van der Waals surface area contributed by atoms with Gasteiger partial charge in [0, 0.05) is 5.56 Å². The van der Waals surface area contributed by atoms with E-state index in [1.165, 1.54) is 16.7 Å². The highest BCUT2D eigenvalue weighted by Crippen LogP contribution is 2.56. The van der Waals surface area contributed by atoms with Crippen molar-refractivity contribution in [3.8, 4) is 23.0 Å². The molecular weight excluding hydrogens is 454 g/mol. The topological polar surface area (TPSA) is 124 Å². The van der Waals surface area contributed by atoms with Crippen LogP contribution >= 0.6 is 0 Å². The van der Waals surface area contributed by atoms with Crippen molar-refractivity contribution in [2.75, 3.05) is 34.8 Å². The van der Waals surface area contributed by atoms with Gasteiger partial charge in [0.1, 0.15) is 12.6 Å². The van der Waals surface area contributed by atoms with E-state index in [0.717, 1.165) is 46.7 Å². The Bertz CT molecular complexity index is 1210. The van der Waals surface area contributed by atoms with Gasteiger partial charge < -0.3 is 33.1 Å². The van der Waals surface area contributed by atoms with Gasteiger partial charge in [-0.2, -0.15) is 0 Å². The van der Waals surface area contributed by atoms with E-state index in [1.807, 2.05) is 12.1 Å². The van der Waals surface area contributed by atoms with E-state index in [0.29, 0.717) is 6.42 Å². The molecule has 0 fully saturated rings. The Morgan fingerprint density at radius 2 is 1.67 bits per heavy atom. The first kappa shape index (κ1) is 22.2. The van der Waals surface area contributed by atoms with Crippen molar-refractivity contribution >= 4 is 10.4 Å². The molecule has 0 amide bonds. The number of hydrogen-bond acceptors (Lipinski definition) is 9. The summed E-state index contributed by atoms with van der Waals surface area (Å²) in [7, 11) is 0.845. The summed E-state index contributed by atoms with van der Waals surface area (Å²) in [5.41, 5.74) is 4.75. The number of rotatable bonds is 1. The van der Waals surface area contributed by atoms with Gasteiger partial charge in [-0.15, -0.1) is 0 Å². The number of quaternary nitrogens is 1. The van der Waals surface area contributed by atoms with Crippen LogP contribution in [0.4, 0.5) is 0 Å². The van der Waals surface area contributed by atoms with Crippen molar-refractivity contribution in [3.05, 3.63) is 46.5 Å². The van der Waals surface area contributed by atoms with Gasteiger partial charge in [0.15, 0.2) is 23.0 Å². The molecule has 11 heteroatoms. The minimum atomic E-state index is -4.41. The molecule has 1 N–H and O–H groups in total. The summed E-state index contributed by atoms with van der Waals surface area (Å²) in [4.78, 5) is 0. The number of likely N-dealkylation sites (N-methyl/N-ethyl adjacent to an activating group) is 1. The lowest BCUT2D eigenvalue weighted by molar-refractivity contribution is -0.939. The quantitative estimate of drug-likeness (QED) is 0.369. The first-order chi connectivity index (χ1) is 15.6. The van der Waals surface area contributed by atoms with E-state index in [-0.39, 0.29) is 25.5 Å². The van der Waals surface area contributed by atoms with Crippen molar-refractivity contribution < 1.29 is 45.7 Å². The maximum atomic E-state index is 11.2. The molecule has 1 aliphatic carbocycles. The molecule has 0 bridgehead atoms. The maximum absolute atomic E-state index is 11.2. The Labute approximate surface area is 191 Å². The fourth-order valence-corrected chi connectivity index (χ4v) is 5.42. The van der Waals surface area contributed by atoms with Crippen LogP contribution < -0.4 is 18.9 Å². The highest BCUT2D eigenvalue weighted by atomic mass is 32.3. The lowest BCUT2D eigenvalue weighted by atomic mass is 9.69. The predicted molar refractivity (Wildman–Crippen MR) is 113 cm³/mol. The smallest absolute Gasteiger partial charge is 0.231 e. The van der Waals surface area contributed by atoms with Gasteiger partial charge in [-0.1, -0.05) is 6.07 Å². The number of hydrogen-bond donors (Lipinski definition) is 1. The van der Waals surface area contributed by atoms with Gasteiger partial charge in [0.2, 0.25) is 24.0 Å². The maximum Gasteiger partial charge on any atom is 0.231 e. The summed E-state index contributed by atoms with van der Waals surface area (Å²) in [6.45, 7) is 1.35. The Morgan fingerprint density at radius 3 is 2.36 bits per heavy atom. The molecule has 0 aromatic heterocycles. The lowest BCUT2D eigenvalue weighted by Gasteiger charge is -2.50. The molecule has 2 aromatic rings. The zero-order chi connectivity index (χ0) is 23.5. The summed E-state index contributed by atoms with van der Waals surface area (Å²) in [6, 6.07) is 8.41. The van der Waals surface area contributed by atoms with Crippen LogP contribution in [0.5, 0.6) is 23.0 Å². The normalized spacial score (nSPS) is 25.3. The minimum Gasteiger partial charge on any atom is -0.726 e. The Hall–Kier alpha value is -2.57. The largest absolute Gasteiger partial charge is 0.726 e. The molecule has 0 saturated heterocycles. The number of ether oxygens (including phenoxy) is 4. The van der Waals surface area contributed by atoms with Gasteiger partial charge >= 0.3 is 0 Å². The minimum absolute atomic E-state index is 0.00567. The fourth-order valence-electron chi connectivity index (χ4n) is 5.42. The third-order valence-electron chi connectivity index (χ3n) is 6.70. The zero-order valence-corrected chi connectivity index (χ0v) is 19.3. The average Bonchev–Trinajstić information content (AvgIpc) is 3.40. The van der Waals surface area contributed by atoms with E-state index >= 15 is 0 Å². The molecule has 6 rings (SSSR count). The zero-order valence-electron chi connectivity index (χ0n) is 18.4. The molecule has 10 nitrogen and oxygen atoms in total. The molecule has 3 aliphatic heterocycles. The van der Waals surface area contributed by atoms with Gasteiger partial charge in [-0.3, -0.25) is 4.18 Å². The highest BCUT2D eigenvalue weighted by molar-refractivity contribution is 7.80. The number of fused-ring (bicyclic) bond motifs is 8. The number of aliphatic hydroxyl groups is 1. The van der Waals surface area contributed by atoms with Gasteiger partial charge in [0.05, 0.1) is 38.8 Å². The monoisotopic (exact) mass is 479 g/mol. The average molecular weight is 480 g/mol. The van der Waals surface area contributed by atoms with Crippen LogP contribution in [0.2, 0.25) is 0 Å². The Balaban J connectivity index is 0.000000340.